The zero-order valence-electron chi connectivity index (χ0n) is 17.0. The summed E-state index contributed by atoms with van der Waals surface area (Å²) in [5.41, 5.74) is -0.306. The average Bonchev–Trinajstić information content (AvgIpc) is 2.68. The third-order valence-corrected chi connectivity index (χ3v) is 6.75. The van der Waals surface area contributed by atoms with Gasteiger partial charge in [-0.3, -0.25) is 9.36 Å². The zero-order chi connectivity index (χ0) is 20.5. The first-order valence-corrected chi connectivity index (χ1v) is 11.6. The van der Waals surface area contributed by atoms with Crippen LogP contribution in [0.2, 0.25) is 0 Å². The van der Waals surface area contributed by atoms with Gasteiger partial charge in [0.1, 0.15) is 5.75 Å². The Bertz CT molecular complexity index is 793. The van der Waals surface area contributed by atoms with E-state index in [1.54, 1.807) is 18.7 Å². The van der Waals surface area contributed by atoms with Crippen molar-refractivity contribution in [3.8, 4) is 5.75 Å². The third-order valence-electron chi connectivity index (χ3n) is 4.46. The molecule has 0 fully saturated rings. The molecule has 2 aromatic rings. The normalized spacial score (nSPS) is 13.6. The van der Waals surface area contributed by atoms with E-state index in [0.717, 1.165) is 21.4 Å². The molecular weight excluding hydrogens is 391 g/mol. The minimum atomic E-state index is -0.378. The summed E-state index contributed by atoms with van der Waals surface area (Å²) in [6.45, 7) is 8.80. The number of benzene rings is 2. The van der Waals surface area contributed by atoms with E-state index in [4.69, 9.17) is 9.47 Å². The summed E-state index contributed by atoms with van der Waals surface area (Å²) in [6, 6.07) is 12.2. The van der Waals surface area contributed by atoms with Crippen LogP contribution in [-0.2, 0) is 14.1 Å². The second-order valence-corrected chi connectivity index (χ2v) is 8.92. The molecule has 0 aromatic heterocycles. The summed E-state index contributed by atoms with van der Waals surface area (Å²) >= 11 is 1.60. The summed E-state index contributed by atoms with van der Waals surface area (Å²) in [5.74, 6) is 1.06. The fourth-order valence-electron chi connectivity index (χ4n) is 3.20. The molecule has 4 nitrogen and oxygen atoms in total. The molecule has 0 amide bonds. The van der Waals surface area contributed by atoms with Gasteiger partial charge in [0, 0.05) is 5.75 Å². The zero-order valence-corrected chi connectivity index (χ0v) is 18.7. The van der Waals surface area contributed by atoms with Crippen LogP contribution in [0.15, 0.2) is 41.3 Å². The molecule has 152 valence electrons. The Balaban J connectivity index is 2.29. The highest BCUT2D eigenvalue weighted by Gasteiger charge is 2.31. The Kier molecular flexibility index (Phi) is 9.27. The van der Waals surface area contributed by atoms with E-state index >= 15 is 0 Å². The number of hydrogen-bond donors (Lipinski definition) is 0. The van der Waals surface area contributed by atoms with E-state index in [0.29, 0.717) is 31.3 Å². The van der Waals surface area contributed by atoms with Gasteiger partial charge in [-0.05, 0) is 43.0 Å². The Hall–Kier alpha value is -1.58. The molecule has 0 saturated heterocycles. The molecule has 6 heteroatoms. The van der Waals surface area contributed by atoms with E-state index in [2.05, 4.69) is 26.0 Å². The van der Waals surface area contributed by atoms with Crippen molar-refractivity contribution in [2.75, 3.05) is 19.0 Å². The van der Waals surface area contributed by atoms with Crippen molar-refractivity contribution in [2.45, 2.75) is 44.7 Å². The topological polar surface area (TPSA) is 52.6 Å². The number of thioether (sulfide) groups is 1. The molecule has 0 aliphatic carbocycles. The first-order chi connectivity index (χ1) is 13.5. The van der Waals surface area contributed by atoms with Crippen LogP contribution in [0.5, 0.6) is 5.75 Å². The van der Waals surface area contributed by atoms with E-state index in [1.165, 1.54) is 0 Å². The molecular formula is C22H29O4PS. The number of carbonyl (C=O) groups is 1. The van der Waals surface area contributed by atoms with E-state index in [1.807, 2.05) is 31.2 Å². The Morgan fingerprint density at radius 2 is 1.86 bits per heavy atom. The van der Waals surface area contributed by atoms with Gasteiger partial charge in [-0.1, -0.05) is 44.2 Å². The van der Waals surface area contributed by atoms with Crippen LogP contribution in [0.3, 0.4) is 0 Å². The summed E-state index contributed by atoms with van der Waals surface area (Å²) in [7, 11) is -0.0273. The lowest BCUT2D eigenvalue weighted by molar-refractivity contribution is -0.148. The van der Waals surface area contributed by atoms with Gasteiger partial charge in [0.2, 0.25) is 0 Å². The Morgan fingerprint density at radius 1 is 1.11 bits per heavy atom. The van der Waals surface area contributed by atoms with Gasteiger partial charge in [-0.15, -0.1) is 11.8 Å². The van der Waals surface area contributed by atoms with E-state index in [-0.39, 0.29) is 26.0 Å². The molecule has 0 bridgehead atoms. The van der Waals surface area contributed by atoms with Gasteiger partial charge in [0.25, 0.3) is 0 Å². The molecule has 0 spiro atoms. The Morgan fingerprint density at radius 3 is 2.50 bits per heavy atom. The van der Waals surface area contributed by atoms with Crippen LogP contribution in [-0.4, -0.2) is 30.6 Å². The van der Waals surface area contributed by atoms with Crippen molar-refractivity contribution in [1.82, 2.24) is 0 Å². The van der Waals surface area contributed by atoms with Gasteiger partial charge < -0.3 is 9.47 Å². The molecule has 0 radical (unpaired) electrons. The van der Waals surface area contributed by atoms with Gasteiger partial charge in [-0.2, -0.15) is 0 Å². The van der Waals surface area contributed by atoms with Gasteiger partial charge in [0.05, 0.1) is 29.7 Å². The summed E-state index contributed by atoms with van der Waals surface area (Å²) in [5, 5.41) is 2.24. The predicted octanol–water partition coefficient (Wildman–Crippen LogP) is 6.22. The maximum atomic E-state index is 12.5. The monoisotopic (exact) mass is 420 g/mol. The fourth-order valence-corrected chi connectivity index (χ4v) is 5.24. The minimum Gasteiger partial charge on any atom is -0.493 e. The molecule has 0 aliphatic heterocycles. The fraction of sp³-hybridized carbons (Fsp3) is 0.500. The lowest BCUT2D eigenvalue weighted by Crippen LogP contribution is -2.29. The number of carbonyl (C=O) groups excluding carboxylic acids is 1. The summed E-state index contributed by atoms with van der Waals surface area (Å²) in [6.07, 6.45) is 0.660. The van der Waals surface area contributed by atoms with Gasteiger partial charge in [0.15, 0.2) is 8.46 Å². The molecule has 2 aromatic carbocycles. The van der Waals surface area contributed by atoms with Crippen LogP contribution < -0.4 is 4.74 Å². The van der Waals surface area contributed by atoms with E-state index in [9.17, 15) is 9.36 Å². The molecule has 2 unspecified atom stereocenters. The van der Waals surface area contributed by atoms with Crippen molar-refractivity contribution < 1.29 is 18.8 Å². The highest BCUT2D eigenvalue weighted by molar-refractivity contribution is 7.99. The first-order valence-electron chi connectivity index (χ1n) is 9.78. The van der Waals surface area contributed by atoms with Crippen molar-refractivity contribution in [3.63, 3.8) is 0 Å². The second kappa shape index (κ2) is 11.4. The van der Waals surface area contributed by atoms with Crippen LogP contribution in [0.25, 0.3) is 10.8 Å². The van der Waals surface area contributed by atoms with Crippen molar-refractivity contribution >= 4 is 37.0 Å². The molecule has 0 saturated carbocycles. The van der Waals surface area contributed by atoms with Crippen molar-refractivity contribution in [2.24, 2.45) is 11.8 Å². The second-order valence-electron chi connectivity index (χ2n) is 7.02. The number of esters is 1. The maximum Gasteiger partial charge on any atom is 0.310 e. The molecule has 0 N–H and O–H groups in total. The maximum absolute atomic E-state index is 12.5. The molecule has 0 aliphatic rings. The Labute approximate surface area is 173 Å². The molecule has 2 rings (SSSR count). The predicted molar refractivity (Wildman–Crippen MR) is 117 cm³/mol. The summed E-state index contributed by atoms with van der Waals surface area (Å²) in [4.78, 5) is 13.5. The lowest BCUT2D eigenvalue weighted by atomic mass is 9.94. The first kappa shape index (κ1) is 22.7. The van der Waals surface area contributed by atoms with Crippen LogP contribution in [0.4, 0.5) is 0 Å². The number of ether oxygens (including phenoxy) is 2. The van der Waals surface area contributed by atoms with Gasteiger partial charge >= 0.3 is 5.97 Å². The highest BCUT2D eigenvalue weighted by atomic mass is 32.2. The van der Waals surface area contributed by atoms with Crippen LogP contribution in [0, 0.1) is 11.8 Å². The minimum absolute atomic E-state index is 0.0273. The van der Waals surface area contributed by atoms with Gasteiger partial charge in [-0.25, -0.2) is 0 Å². The largest absolute Gasteiger partial charge is 0.493 e. The third kappa shape index (κ3) is 5.96. The van der Waals surface area contributed by atoms with Crippen LogP contribution in [0.1, 0.15) is 34.1 Å². The number of fused-ring (bicyclic) bond motifs is 1. The van der Waals surface area contributed by atoms with E-state index < -0.39 is 0 Å². The van der Waals surface area contributed by atoms with Crippen molar-refractivity contribution in [3.05, 3.63) is 36.4 Å². The average molecular weight is 421 g/mol. The lowest BCUT2D eigenvalue weighted by Gasteiger charge is -2.22. The quantitative estimate of drug-likeness (QED) is 0.245. The number of rotatable bonds is 11. The SMILES string of the molecule is CCOC(=O)C(CC(C)C)C(CSc1c(OCC)ccc2ccccc12)P=O. The molecule has 2 atom stereocenters. The molecule has 28 heavy (non-hydrogen) atoms. The van der Waals surface area contributed by atoms with Crippen molar-refractivity contribution in [1.29, 1.82) is 0 Å². The highest BCUT2D eigenvalue weighted by Crippen LogP contribution is 2.39. The van der Waals surface area contributed by atoms with Crippen LogP contribution >= 0.6 is 20.2 Å². The number of hydrogen-bond acceptors (Lipinski definition) is 5. The summed E-state index contributed by atoms with van der Waals surface area (Å²) < 4.78 is 23.1. The molecule has 0 heterocycles. The smallest absolute Gasteiger partial charge is 0.310 e. The standard InChI is InChI=1S/C22H29O4PS/c1-5-25-19-12-11-16-9-7-8-10-17(16)21(19)28-14-20(27-24)18(13-15(3)4)22(23)26-6-2/h7-12,15,18,20H,5-6,13-14H2,1-4H3.